The average Bonchev–Trinajstić information content (AvgIpc) is 2.40. The van der Waals surface area contributed by atoms with Crippen LogP contribution < -0.4 is 5.73 Å². The molecular weight excluding hydrogens is 236 g/mol. The number of nitrogens with two attached hydrogens (primary N) is 1. The number of piperidine rings is 1. The van der Waals surface area contributed by atoms with E-state index in [2.05, 4.69) is 11.8 Å². The molecule has 0 aromatic rings. The van der Waals surface area contributed by atoms with E-state index < -0.39 is 5.60 Å². The van der Waals surface area contributed by atoms with Crippen molar-refractivity contribution in [3.8, 4) is 0 Å². The molecule has 0 bridgehead atoms. The summed E-state index contributed by atoms with van der Waals surface area (Å²) in [7, 11) is 0. The molecule has 2 aliphatic rings. The SMILES string of the molecule is CCN1CCC(O)(C2(CN)CCCCCCC2)CC1. The van der Waals surface area contributed by atoms with Crippen LogP contribution in [0.2, 0.25) is 0 Å². The molecule has 1 saturated carbocycles. The molecule has 0 radical (unpaired) electrons. The van der Waals surface area contributed by atoms with Crippen LogP contribution >= 0.6 is 0 Å². The summed E-state index contributed by atoms with van der Waals surface area (Å²) in [5, 5.41) is 11.3. The maximum atomic E-state index is 11.3. The molecule has 0 atom stereocenters. The average molecular weight is 268 g/mol. The van der Waals surface area contributed by atoms with Crippen molar-refractivity contribution in [1.29, 1.82) is 0 Å². The zero-order chi connectivity index (χ0) is 13.8. The minimum absolute atomic E-state index is 0.00670. The van der Waals surface area contributed by atoms with Gasteiger partial charge in [0.05, 0.1) is 5.60 Å². The van der Waals surface area contributed by atoms with Crippen molar-refractivity contribution in [2.45, 2.75) is 70.3 Å². The van der Waals surface area contributed by atoms with E-state index in [4.69, 9.17) is 5.73 Å². The highest BCUT2D eigenvalue weighted by Gasteiger charge is 2.49. The third kappa shape index (κ3) is 3.14. The lowest BCUT2D eigenvalue weighted by Gasteiger charge is -2.51. The molecule has 0 aromatic heterocycles. The van der Waals surface area contributed by atoms with Crippen LogP contribution in [0.3, 0.4) is 0 Å². The Hall–Kier alpha value is -0.120. The molecule has 0 aromatic carbocycles. The summed E-state index contributed by atoms with van der Waals surface area (Å²) in [6.07, 6.45) is 10.6. The van der Waals surface area contributed by atoms with Crippen LogP contribution in [0.1, 0.15) is 64.7 Å². The van der Waals surface area contributed by atoms with Gasteiger partial charge in [-0.3, -0.25) is 0 Å². The molecule has 1 aliphatic heterocycles. The molecule has 3 nitrogen and oxygen atoms in total. The predicted octanol–water partition coefficient (Wildman–Crippen LogP) is 2.52. The first-order chi connectivity index (χ1) is 9.16. The molecule has 2 rings (SSSR count). The normalized spacial score (nSPS) is 28.6. The molecule has 3 N–H and O–H groups in total. The molecule has 0 spiro atoms. The molecule has 2 fully saturated rings. The Morgan fingerprint density at radius 2 is 1.47 bits per heavy atom. The monoisotopic (exact) mass is 268 g/mol. The van der Waals surface area contributed by atoms with Crippen LogP contribution in [0.4, 0.5) is 0 Å². The summed E-state index contributed by atoms with van der Waals surface area (Å²) in [6.45, 7) is 6.05. The van der Waals surface area contributed by atoms with E-state index >= 15 is 0 Å². The van der Waals surface area contributed by atoms with Gasteiger partial charge in [0.25, 0.3) is 0 Å². The molecule has 0 unspecified atom stereocenters. The zero-order valence-electron chi connectivity index (χ0n) is 12.7. The van der Waals surface area contributed by atoms with Crippen molar-refractivity contribution in [1.82, 2.24) is 4.90 Å². The van der Waals surface area contributed by atoms with Crippen molar-refractivity contribution in [3.63, 3.8) is 0 Å². The van der Waals surface area contributed by atoms with Crippen molar-refractivity contribution >= 4 is 0 Å². The maximum absolute atomic E-state index is 11.3. The second kappa shape index (κ2) is 6.55. The Labute approximate surface area is 118 Å². The van der Waals surface area contributed by atoms with E-state index in [0.29, 0.717) is 6.54 Å². The third-order valence-electron chi connectivity index (χ3n) is 5.82. The standard InChI is InChI=1S/C16H32N2O/c1-2-18-12-10-16(19,11-13-18)15(14-17)8-6-4-3-5-7-9-15/h19H,2-14,17H2,1H3. The molecule has 0 amide bonds. The lowest BCUT2D eigenvalue weighted by molar-refractivity contribution is -0.127. The van der Waals surface area contributed by atoms with E-state index in [9.17, 15) is 5.11 Å². The van der Waals surface area contributed by atoms with Gasteiger partial charge in [-0.15, -0.1) is 0 Å². The smallest absolute Gasteiger partial charge is 0.0740 e. The molecule has 112 valence electrons. The Morgan fingerprint density at radius 1 is 0.947 bits per heavy atom. The highest BCUT2D eigenvalue weighted by atomic mass is 16.3. The summed E-state index contributed by atoms with van der Waals surface area (Å²) in [6, 6.07) is 0. The topological polar surface area (TPSA) is 49.5 Å². The predicted molar refractivity (Wildman–Crippen MR) is 80.1 cm³/mol. The molecular formula is C16H32N2O. The van der Waals surface area contributed by atoms with E-state index in [1.807, 2.05) is 0 Å². The molecule has 1 saturated heterocycles. The number of nitrogens with zero attached hydrogens (tertiary/aromatic N) is 1. The molecule has 3 heteroatoms. The summed E-state index contributed by atoms with van der Waals surface area (Å²) >= 11 is 0. The number of rotatable bonds is 3. The van der Waals surface area contributed by atoms with Crippen molar-refractivity contribution < 1.29 is 5.11 Å². The maximum Gasteiger partial charge on any atom is 0.0740 e. The van der Waals surface area contributed by atoms with Gasteiger partial charge >= 0.3 is 0 Å². The van der Waals surface area contributed by atoms with Gasteiger partial charge in [-0.2, -0.15) is 0 Å². The summed E-state index contributed by atoms with van der Waals surface area (Å²) < 4.78 is 0. The second-order valence-corrected chi connectivity index (χ2v) is 6.72. The van der Waals surface area contributed by atoms with Crippen molar-refractivity contribution in [2.75, 3.05) is 26.2 Å². The minimum atomic E-state index is -0.509. The Bertz CT molecular complexity index is 264. The molecule has 1 aliphatic carbocycles. The van der Waals surface area contributed by atoms with Crippen molar-refractivity contribution in [3.05, 3.63) is 0 Å². The van der Waals surface area contributed by atoms with Crippen molar-refractivity contribution in [2.24, 2.45) is 11.1 Å². The van der Waals surface area contributed by atoms with Gasteiger partial charge in [0, 0.05) is 25.0 Å². The van der Waals surface area contributed by atoms with E-state index in [1.54, 1.807) is 0 Å². The van der Waals surface area contributed by atoms with Gasteiger partial charge in [-0.1, -0.05) is 39.0 Å². The summed E-state index contributed by atoms with van der Waals surface area (Å²) in [5.41, 5.74) is 5.65. The number of hydrogen-bond donors (Lipinski definition) is 2. The van der Waals surface area contributed by atoms with E-state index in [-0.39, 0.29) is 5.41 Å². The second-order valence-electron chi connectivity index (χ2n) is 6.72. The molecule has 1 heterocycles. The highest BCUT2D eigenvalue weighted by Crippen LogP contribution is 2.47. The van der Waals surface area contributed by atoms with Gasteiger partial charge in [0.15, 0.2) is 0 Å². The van der Waals surface area contributed by atoms with Crippen LogP contribution in [0, 0.1) is 5.41 Å². The van der Waals surface area contributed by atoms with Crippen LogP contribution in [-0.2, 0) is 0 Å². The Morgan fingerprint density at radius 3 is 1.95 bits per heavy atom. The number of aliphatic hydroxyl groups is 1. The van der Waals surface area contributed by atoms with Gasteiger partial charge in [-0.25, -0.2) is 0 Å². The minimum Gasteiger partial charge on any atom is -0.389 e. The van der Waals surface area contributed by atoms with Gasteiger partial charge < -0.3 is 15.7 Å². The van der Waals surface area contributed by atoms with E-state index in [0.717, 1.165) is 45.3 Å². The fourth-order valence-electron chi connectivity index (χ4n) is 4.21. The van der Waals surface area contributed by atoms with Crippen LogP contribution in [0.15, 0.2) is 0 Å². The van der Waals surface area contributed by atoms with E-state index in [1.165, 1.54) is 32.1 Å². The van der Waals surface area contributed by atoms with Crippen LogP contribution in [0.5, 0.6) is 0 Å². The number of likely N-dealkylation sites (tertiary alicyclic amines) is 1. The third-order valence-corrected chi connectivity index (χ3v) is 5.82. The summed E-state index contributed by atoms with van der Waals surface area (Å²) in [4.78, 5) is 2.45. The van der Waals surface area contributed by atoms with Crippen LogP contribution in [-0.4, -0.2) is 41.8 Å². The Balaban J connectivity index is 2.09. The fraction of sp³-hybridized carbons (Fsp3) is 1.00. The summed E-state index contributed by atoms with van der Waals surface area (Å²) in [5.74, 6) is 0. The first kappa shape index (κ1) is 15.3. The van der Waals surface area contributed by atoms with Gasteiger partial charge in [0.2, 0.25) is 0 Å². The van der Waals surface area contributed by atoms with Gasteiger partial charge in [-0.05, 0) is 32.2 Å². The van der Waals surface area contributed by atoms with Crippen LogP contribution in [0.25, 0.3) is 0 Å². The number of hydrogen-bond acceptors (Lipinski definition) is 3. The quantitative estimate of drug-likeness (QED) is 0.827. The highest BCUT2D eigenvalue weighted by molar-refractivity contribution is 5.02. The first-order valence-electron chi connectivity index (χ1n) is 8.31. The molecule has 19 heavy (non-hydrogen) atoms. The zero-order valence-corrected chi connectivity index (χ0v) is 12.7. The first-order valence-corrected chi connectivity index (χ1v) is 8.31. The largest absolute Gasteiger partial charge is 0.389 e. The lowest BCUT2D eigenvalue weighted by Crippen LogP contribution is -2.58. The fourth-order valence-corrected chi connectivity index (χ4v) is 4.21. The lowest BCUT2D eigenvalue weighted by atomic mass is 9.61. The van der Waals surface area contributed by atoms with Gasteiger partial charge in [0.1, 0.15) is 0 Å². The Kier molecular flexibility index (Phi) is 5.27.